The summed E-state index contributed by atoms with van der Waals surface area (Å²) < 4.78 is 28.8. The van der Waals surface area contributed by atoms with Gasteiger partial charge in [0.15, 0.2) is 12.0 Å². The monoisotopic (exact) mass is 422 g/mol. The fourth-order valence-corrected chi connectivity index (χ4v) is 4.69. The van der Waals surface area contributed by atoms with Gasteiger partial charge in [-0.1, -0.05) is 6.07 Å². The molecule has 1 amide bonds. The first-order valence-electron chi connectivity index (χ1n) is 10.2. The van der Waals surface area contributed by atoms with Crippen molar-refractivity contribution in [3.05, 3.63) is 53.9 Å². The number of hydrogen-bond donors (Lipinski definition) is 1. The standard InChI is InChI=1S/C22H20F2N6O/c1-22(23,24)19-3-2-4-20(28-19)30-17-7-5-13(9-14(17)11-26-30)21(31)27-16-10-15-6-8-18(16)29(15)12-25/h2-5,7,9,11,15-16,18H,6,8,10H2,1H3,(H,27,31)/t15-,16+,18+/m0/s1. The maximum Gasteiger partial charge on any atom is 0.287 e. The smallest absolute Gasteiger partial charge is 0.287 e. The molecule has 2 aromatic heterocycles. The van der Waals surface area contributed by atoms with E-state index in [1.807, 2.05) is 0 Å². The SMILES string of the molecule is CC(F)(F)c1cccc(-n2ncc3cc(C(=O)N[C@@H]4C[C@@H]5CC[C@H]4N5C#N)ccc32)n1. The Morgan fingerprint density at radius 1 is 1.29 bits per heavy atom. The summed E-state index contributed by atoms with van der Waals surface area (Å²) in [6, 6.07) is 9.80. The zero-order valence-electron chi connectivity index (χ0n) is 16.8. The van der Waals surface area contributed by atoms with Crippen LogP contribution in [0.15, 0.2) is 42.6 Å². The third-order valence-electron chi connectivity index (χ3n) is 6.20. The Labute approximate surface area is 177 Å². The predicted molar refractivity (Wildman–Crippen MR) is 109 cm³/mol. The van der Waals surface area contributed by atoms with Crippen LogP contribution in [-0.4, -0.2) is 43.7 Å². The third-order valence-corrected chi connectivity index (χ3v) is 6.20. The van der Waals surface area contributed by atoms with Gasteiger partial charge >= 0.3 is 0 Å². The highest BCUT2D eigenvalue weighted by Gasteiger charge is 2.46. The topological polar surface area (TPSA) is 86.8 Å². The second kappa shape index (κ2) is 7.01. The highest BCUT2D eigenvalue weighted by molar-refractivity contribution is 5.98. The summed E-state index contributed by atoms with van der Waals surface area (Å²) in [5.74, 6) is -2.97. The van der Waals surface area contributed by atoms with Crippen LogP contribution in [0, 0.1) is 11.5 Å². The van der Waals surface area contributed by atoms with Crippen LogP contribution in [0.3, 0.4) is 0 Å². The molecule has 0 spiro atoms. The van der Waals surface area contributed by atoms with E-state index in [9.17, 15) is 18.8 Å². The van der Waals surface area contributed by atoms with Crippen LogP contribution in [-0.2, 0) is 5.92 Å². The number of nitriles is 1. The number of aromatic nitrogens is 3. The Hall–Kier alpha value is -3.54. The molecule has 0 saturated carbocycles. The molecule has 2 aliphatic rings. The number of carbonyl (C=O) groups excluding carboxylic acids is 1. The molecule has 5 rings (SSSR count). The molecule has 7 nitrogen and oxygen atoms in total. The van der Waals surface area contributed by atoms with Gasteiger partial charge in [-0.2, -0.15) is 19.1 Å². The molecule has 0 aliphatic carbocycles. The molecule has 4 heterocycles. The Bertz CT molecular complexity index is 1210. The number of carbonyl (C=O) groups is 1. The van der Waals surface area contributed by atoms with Crippen molar-refractivity contribution >= 4 is 16.8 Å². The fraction of sp³-hybridized carbons (Fsp3) is 0.364. The predicted octanol–water partition coefficient (Wildman–Crippen LogP) is 3.35. The van der Waals surface area contributed by atoms with Crippen molar-refractivity contribution in [2.24, 2.45) is 0 Å². The van der Waals surface area contributed by atoms with Gasteiger partial charge in [0.1, 0.15) is 5.69 Å². The summed E-state index contributed by atoms with van der Waals surface area (Å²) in [6.07, 6.45) is 6.52. The summed E-state index contributed by atoms with van der Waals surface area (Å²) in [5.41, 5.74) is 0.818. The van der Waals surface area contributed by atoms with E-state index in [2.05, 4.69) is 21.6 Å². The molecule has 0 unspecified atom stereocenters. The van der Waals surface area contributed by atoms with Crippen LogP contribution in [0.4, 0.5) is 8.78 Å². The van der Waals surface area contributed by atoms with E-state index in [0.29, 0.717) is 16.5 Å². The maximum atomic E-state index is 13.6. The number of alkyl halides is 2. The van der Waals surface area contributed by atoms with Crippen LogP contribution in [0.1, 0.15) is 42.2 Å². The van der Waals surface area contributed by atoms with Crippen LogP contribution in [0.25, 0.3) is 16.7 Å². The van der Waals surface area contributed by atoms with Gasteiger partial charge in [0.2, 0.25) is 0 Å². The molecule has 3 aromatic rings. The molecule has 9 heteroatoms. The highest BCUT2D eigenvalue weighted by Crippen LogP contribution is 2.37. The Morgan fingerprint density at radius 3 is 2.87 bits per heavy atom. The number of pyridine rings is 1. The maximum absolute atomic E-state index is 13.6. The van der Waals surface area contributed by atoms with Crippen molar-refractivity contribution < 1.29 is 13.6 Å². The van der Waals surface area contributed by atoms with E-state index in [4.69, 9.17) is 0 Å². The Morgan fingerprint density at radius 2 is 2.13 bits per heavy atom. The Kier molecular flexibility index (Phi) is 4.39. The number of fused-ring (bicyclic) bond motifs is 3. The minimum atomic E-state index is -3.05. The molecular weight excluding hydrogens is 402 g/mol. The van der Waals surface area contributed by atoms with Crippen molar-refractivity contribution in [1.29, 1.82) is 5.26 Å². The molecule has 2 fully saturated rings. The summed E-state index contributed by atoms with van der Waals surface area (Å²) >= 11 is 0. The average molecular weight is 422 g/mol. The third kappa shape index (κ3) is 3.28. The van der Waals surface area contributed by atoms with Gasteiger partial charge in [0.05, 0.1) is 23.8 Å². The zero-order chi connectivity index (χ0) is 21.8. The summed E-state index contributed by atoms with van der Waals surface area (Å²) in [6.45, 7) is 0.803. The number of benzene rings is 1. The molecule has 1 aromatic carbocycles. The highest BCUT2D eigenvalue weighted by atomic mass is 19.3. The molecular formula is C22H20F2N6O. The van der Waals surface area contributed by atoms with Crippen LogP contribution < -0.4 is 5.32 Å². The van der Waals surface area contributed by atoms with Gasteiger partial charge in [-0.25, -0.2) is 9.67 Å². The van der Waals surface area contributed by atoms with Gasteiger partial charge in [-0.15, -0.1) is 0 Å². The first kappa shape index (κ1) is 19.4. The van der Waals surface area contributed by atoms with Crippen molar-refractivity contribution in [3.8, 4) is 12.0 Å². The molecule has 2 aliphatic heterocycles. The van der Waals surface area contributed by atoms with Gasteiger partial charge in [0.25, 0.3) is 11.8 Å². The number of hydrogen-bond acceptors (Lipinski definition) is 5. The second-order valence-corrected chi connectivity index (χ2v) is 8.22. The molecule has 1 N–H and O–H groups in total. The van der Waals surface area contributed by atoms with Crippen LogP contribution in [0.5, 0.6) is 0 Å². The summed E-state index contributed by atoms with van der Waals surface area (Å²) in [7, 11) is 0. The van der Waals surface area contributed by atoms with E-state index in [1.54, 1.807) is 35.4 Å². The van der Waals surface area contributed by atoms with Gasteiger partial charge in [-0.3, -0.25) is 4.79 Å². The molecule has 31 heavy (non-hydrogen) atoms. The number of nitrogens with one attached hydrogen (secondary N) is 1. The minimum absolute atomic E-state index is 0.0352. The number of halogens is 2. The van der Waals surface area contributed by atoms with E-state index in [0.717, 1.165) is 26.2 Å². The fourth-order valence-electron chi connectivity index (χ4n) is 4.69. The summed E-state index contributed by atoms with van der Waals surface area (Å²) in [4.78, 5) is 18.7. The lowest BCUT2D eigenvalue weighted by atomic mass is 9.95. The van der Waals surface area contributed by atoms with Crippen molar-refractivity contribution in [1.82, 2.24) is 25.0 Å². The van der Waals surface area contributed by atoms with Crippen molar-refractivity contribution in [3.63, 3.8) is 0 Å². The molecule has 2 bridgehead atoms. The lowest BCUT2D eigenvalue weighted by Gasteiger charge is -2.21. The average Bonchev–Trinajstić information content (AvgIpc) is 3.44. The Balaban J connectivity index is 1.39. The lowest BCUT2D eigenvalue weighted by Crippen LogP contribution is -2.43. The van der Waals surface area contributed by atoms with E-state index < -0.39 is 5.92 Å². The molecule has 158 valence electrons. The van der Waals surface area contributed by atoms with Gasteiger partial charge in [-0.05, 0) is 49.6 Å². The molecule has 3 atom stereocenters. The lowest BCUT2D eigenvalue weighted by molar-refractivity contribution is 0.0127. The number of nitrogens with zero attached hydrogens (tertiary/aromatic N) is 5. The second-order valence-electron chi connectivity index (χ2n) is 8.22. The van der Waals surface area contributed by atoms with Gasteiger partial charge in [0, 0.05) is 23.9 Å². The molecule has 0 radical (unpaired) electrons. The number of amides is 1. The van der Waals surface area contributed by atoms with Crippen molar-refractivity contribution in [2.45, 2.75) is 50.2 Å². The largest absolute Gasteiger partial charge is 0.347 e. The minimum Gasteiger partial charge on any atom is -0.347 e. The quantitative estimate of drug-likeness (QED) is 0.652. The van der Waals surface area contributed by atoms with Gasteiger partial charge < -0.3 is 10.2 Å². The van der Waals surface area contributed by atoms with E-state index in [1.165, 1.54) is 16.8 Å². The first-order valence-corrected chi connectivity index (χ1v) is 10.2. The molecule has 2 saturated heterocycles. The normalized spacial score (nSPS) is 22.6. The van der Waals surface area contributed by atoms with Crippen LogP contribution >= 0.6 is 0 Å². The zero-order valence-corrected chi connectivity index (χ0v) is 16.8. The number of rotatable bonds is 4. The van der Waals surface area contributed by atoms with E-state index >= 15 is 0 Å². The first-order chi connectivity index (χ1) is 14.8. The van der Waals surface area contributed by atoms with Crippen LogP contribution in [0.2, 0.25) is 0 Å². The van der Waals surface area contributed by atoms with Crippen molar-refractivity contribution in [2.75, 3.05) is 0 Å². The van der Waals surface area contributed by atoms with E-state index in [-0.39, 0.29) is 35.5 Å². The summed E-state index contributed by atoms with van der Waals surface area (Å²) in [5, 5.41) is 17.3.